The van der Waals surface area contributed by atoms with E-state index in [9.17, 15) is 9.59 Å². The second-order valence-corrected chi connectivity index (χ2v) is 4.35. The lowest BCUT2D eigenvalue weighted by Gasteiger charge is -2.09. The van der Waals surface area contributed by atoms with Gasteiger partial charge in [-0.05, 0) is 23.8 Å². The van der Waals surface area contributed by atoms with Crippen molar-refractivity contribution in [3.8, 4) is 11.3 Å². The number of likely N-dealkylation sites (N-methyl/N-ethyl adjacent to an activating group) is 1. The Morgan fingerprint density at radius 2 is 2.21 bits per heavy atom. The maximum atomic E-state index is 11.6. The number of carboxylic acid groups (broad SMARTS) is 1. The van der Waals surface area contributed by atoms with E-state index in [2.05, 4.69) is 5.16 Å². The smallest absolute Gasteiger partial charge is 0.358 e. The standard InChI is InChI=1S/C13H10N2O4/c1-15-10-3-2-7(4-8(10)5-12(15)16)11-6-9(13(17)18)14-19-11/h2-4,6H,5H2,1H3,(H,17,18). The van der Waals surface area contributed by atoms with Crippen LogP contribution in [0.2, 0.25) is 0 Å². The number of fused-ring (bicyclic) bond motifs is 1. The molecule has 1 amide bonds. The van der Waals surface area contributed by atoms with Gasteiger partial charge < -0.3 is 14.5 Å². The van der Waals surface area contributed by atoms with Crippen LogP contribution in [0.25, 0.3) is 11.3 Å². The first-order valence-corrected chi connectivity index (χ1v) is 5.66. The summed E-state index contributed by atoms with van der Waals surface area (Å²) in [6, 6.07) is 6.78. The van der Waals surface area contributed by atoms with E-state index >= 15 is 0 Å². The summed E-state index contributed by atoms with van der Waals surface area (Å²) < 4.78 is 5.00. The van der Waals surface area contributed by atoms with E-state index in [0.29, 0.717) is 17.7 Å². The van der Waals surface area contributed by atoms with Gasteiger partial charge >= 0.3 is 5.97 Å². The lowest BCUT2D eigenvalue weighted by molar-refractivity contribution is -0.117. The summed E-state index contributed by atoms with van der Waals surface area (Å²) in [7, 11) is 1.73. The molecule has 0 aliphatic carbocycles. The Balaban J connectivity index is 2.01. The Morgan fingerprint density at radius 1 is 1.42 bits per heavy atom. The Labute approximate surface area is 108 Å². The Kier molecular flexibility index (Phi) is 2.38. The van der Waals surface area contributed by atoms with Gasteiger partial charge in [0.1, 0.15) is 0 Å². The number of hydrogen-bond acceptors (Lipinski definition) is 4. The van der Waals surface area contributed by atoms with Crippen molar-refractivity contribution in [2.75, 3.05) is 11.9 Å². The number of amides is 1. The molecule has 1 N–H and O–H groups in total. The van der Waals surface area contributed by atoms with E-state index in [0.717, 1.165) is 11.3 Å². The van der Waals surface area contributed by atoms with E-state index in [1.807, 2.05) is 12.1 Å². The Morgan fingerprint density at radius 3 is 2.89 bits per heavy atom. The number of hydrogen-bond donors (Lipinski definition) is 1. The predicted molar refractivity (Wildman–Crippen MR) is 66.0 cm³/mol. The molecule has 19 heavy (non-hydrogen) atoms. The van der Waals surface area contributed by atoms with Crippen molar-refractivity contribution in [1.82, 2.24) is 5.16 Å². The molecule has 3 rings (SSSR count). The lowest BCUT2D eigenvalue weighted by atomic mass is 10.1. The molecule has 6 nitrogen and oxygen atoms in total. The molecule has 0 saturated carbocycles. The molecule has 0 atom stereocenters. The zero-order valence-corrected chi connectivity index (χ0v) is 10.1. The first-order chi connectivity index (χ1) is 9.06. The number of aromatic nitrogens is 1. The molecule has 0 saturated heterocycles. The molecule has 2 aromatic rings. The van der Waals surface area contributed by atoms with Crippen LogP contribution in [0.4, 0.5) is 5.69 Å². The molecule has 1 aliphatic heterocycles. The lowest BCUT2D eigenvalue weighted by Crippen LogP contribution is -2.20. The number of benzene rings is 1. The van der Waals surface area contributed by atoms with Crippen LogP contribution in [0.1, 0.15) is 16.1 Å². The summed E-state index contributed by atoms with van der Waals surface area (Å²) in [6.07, 6.45) is 0.347. The van der Waals surface area contributed by atoms with Crippen molar-refractivity contribution in [1.29, 1.82) is 0 Å². The normalized spacial score (nSPS) is 13.7. The molecule has 0 fully saturated rings. The number of carbonyl (C=O) groups excluding carboxylic acids is 1. The first kappa shape index (κ1) is 11.5. The van der Waals surface area contributed by atoms with E-state index in [1.54, 1.807) is 18.0 Å². The van der Waals surface area contributed by atoms with Crippen molar-refractivity contribution in [3.63, 3.8) is 0 Å². The second-order valence-electron chi connectivity index (χ2n) is 4.35. The minimum atomic E-state index is -1.13. The molecular formula is C13H10N2O4. The zero-order valence-electron chi connectivity index (χ0n) is 10.1. The highest BCUT2D eigenvalue weighted by atomic mass is 16.5. The van der Waals surface area contributed by atoms with E-state index in [-0.39, 0.29) is 11.6 Å². The van der Waals surface area contributed by atoms with Crippen molar-refractivity contribution in [2.45, 2.75) is 6.42 Å². The van der Waals surface area contributed by atoms with Gasteiger partial charge in [0.25, 0.3) is 0 Å². The number of carboxylic acids is 1. The third-order valence-electron chi connectivity index (χ3n) is 3.17. The minimum Gasteiger partial charge on any atom is -0.476 e. The number of nitrogens with zero attached hydrogens (tertiary/aromatic N) is 2. The van der Waals surface area contributed by atoms with Gasteiger partial charge in [0.15, 0.2) is 11.5 Å². The molecule has 6 heteroatoms. The van der Waals surface area contributed by atoms with E-state index in [1.165, 1.54) is 6.07 Å². The van der Waals surface area contributed by atoms with Crippen LogP contribution in [0, 0.1) is 0 Å². The van der Waals surface area contributed by atoms with Gasteiger partial charge in [0.05, 0.1) is 6.42 Å². The SMILES string of the molecule is CN1C(=O)Cc2cc(-c3cc(C(=O)O)no3)ccc21. The molecule has 0 radical (unpaired) electrons. The van der Waals surface area contributed by atoms with Crippen LogP contribution in [0.15, 0.2) is 28.8 Å². The quantitative estimate of drug-likeness (QED) is 0.883. The summed E-state index contributed by atoms with van der Waals surface area (Å²) in [5.74, 6) is -0.718. The highest BCUT2D eigenvalue weighted by Crippen LogP contribution is 2.32. The maximum Gasteiger partial charge on any atom is 0.358 e. The van der Waals surface area contributed by atoms with E-state index < -0.39 is 5.97 Å². The van der Waals surface area contributed by atoms with Crippen LogP contribution < -0.4 is 4.90 Å². The van der Waals surface area contributed by atoms with Gasteiger partial charge in [-0.3, -0.25) is 4.79 Å². The van der Waals surface area contributed by atoms with Gasteiger partial charge in [0.2, 0.25) is 5.91 Å². The highest BCUT2D eigenvalue weighted by molar-refractivity contribution is 6.01. The summed E-state index contributed by atoms with van der Waals surface area (Å²) in [6.45, 7) is 0. The van der Waals surface area contributed by atoms with Gasteiger partial charge in [-0.1, -0.05) is 5.16 Å². The molecule has 0 spiro atoms. The first-order valence-electron chi connectivity index (χ1n) is 5.66. The number of anilines is 1. The summed E-state index contributed by atoms with van der Waals surface area (Å²) in [4.78, 5) is 23.9. The zero-order chi connectivity index (χ0) is 13.6. The van der Waals surface area contributed by atoms with Crippen molar-refractivity contribution in [3.05, 3.63) is 35.5 Å². The molecule has 1 aromatic carbocycles. The van der Waals surface area contributed by atoms with Gasteiger partial charge in [-0.15, -0.1) is 0 Å². The third-order valence-corrected chi connectivity index (χ3v) is 3.17. The van der Waals surface area contributed by atoms with Crippen molar-refractivity contribution >= 4 is 17.6 Å². The van der Waals surface area contributed by atoms with Crippen LogP contribution in [0.5, 0.6) is 0 Å². The monoisotopic (exact) mass is 258 g/mol. The molecule has 0 unspecified atom stereocenters. The molecule has 1 aromatic heterocycles. The maximum absolute atomic E-state index is 11.6. The second kappa shape index (κ2) is 3.94. The van der Waals surface area contributed by atoms with Crippen molar-refractivity contribution in [2.24, 2.45) is 0 Å². The minimum absolute atomic E-state index is 0.0379. The van der Waals surface area contributed by atoms with Gasteiger partial charge in [-0.2, -0.15) is 0 Å². The van der Waals surface area contributed by atoms with Gasteiger partial charge in [0, 0.05) is 24.4 Å². The topological polar surface area (TPSA) is 83.6 Å². The Hall–Kier alpha value is -2.63. The van der Waals surface area contributed by atoms with Crippen LogP contribution in [-0.2, 0) is 11.2 Å². The van der Waals surface area contributed by atoms with Gasteiger partial charge in [-0.25, -0.2) is 4.79 Å². The van der Waals surface area contributed by atoms with Crippen LogP contribution >= 0.6 is 0 Å². The number of carbonyl (C=O) groups is 2. The Bertz CT molecular complexity index is 690. The van der Waals surface area contributed by atoms with E-state index in [4.69, 9.17) is 9.63 Å². The number of rotatable bonds is 2. The molecular weight excluding hydrogens is 248 g/mol. The fourth-order valence-electron chi connectivity index (χ4n) is 2.14. The van der Waals surface area contributed by atoms with Crippen molar-refractivity contribution < 1.29 is 19.2 Å². The predicted octanol–water partition coefficient (Wildman–Crippen LogP) is 1.56. The summed E-state index contributed by atoms with van der Waals surface area (Å²) >= 11 is 0. The number of aromatic carboxylic acids is 1. The highest BCUT2D eigenvalue weighted by Gasteiger charge is 2.24. The average Bonchev–Trinajstić information content (AvgIpc) is 2.96. The molecule has 96 valence electrons. The van der Waals surface area contributed by atoms with Crippen LogP contribution in [-0.4, -0.2) is 29.2 Å². The third kappa shape index (κ3) is 1.77. The summed E-state index contributed by atoms with van der Waals surface area (Å²) in [5.41, 5.74) is 2.34. The van der Waals surface area contributed by atoms with Crippen LogP contribution in [0.3, 0.4) is 0 Å². The molecule has 2 heterocycles. The average molecular weight is 258 g/mol. The molecule has 1 aliphatic rings. The fourth-order valence-corrected chi connectivity index (χ4v) is 2.14. The largest absolute Gasteiger partial charge is 0.476 e. The summed E-state index contributed by atoms with van der Waals surface area (Å²) in [5, 5.41) is 12.3. The molecule has 0 bridgehead atoms. The fraction of sp³-hybridized carbons (Fsp3) is 0.154.